The van der Waals surface area contributed by atoms with Crippen LogP contribution in [-0.2, 0) is 16.4 Å². The van der Waals surface area contributed by atoms with E-state index in [2.05, 4.69) is 4.90 Å². The van der Waals surface area contributed by atoms with Gasteiger partial charge in [0, 0.05) is 5.39 Å². The van der Waals surface area contributed by atoms with Crippen molar-refractivity contribution >= 4 is 32.5 Å². The molecule has 2 heterocycles. The van der Waals surface area contributed by atoms with Crippen LogP contribution in [-0.4, -0.2) is 51.8 Å². The maximum absolute atomic E-state index is 13.1. The highest BCUT2D eigenvalue weighted by molar-refractivity contribution is 7.91. The van der Waals surface area contributed by atoms with Crippen molar-refractivity contribution < 1.29 is 17.6 Å². The molecule has 1 saturated heterocycles. The predicted molar refractivity (Wildman–Crippen MR) is 134 cm³/mol. The van der Waals surface area contributed by atoms with Gasteiger partial charge in [0.05, 0.1) is 30.0 Å². The van der Waals surface area contributed by atoms with Crippen LogP contribution < -0.4 is 15.4 Å². The minimum absolute atomic E-state index is 0.0684. The molecule has 182 valence electrons. The number of rotatable bonds is 9. The summed E-state index contributed by atoms with van der Waals surface area (Å²) in [6.07, 6.45) is 4.20. The van der Waals surface area contributed by atoms with Crippen LogP contribution in [0.2, 0.25) is 0 Å². The molecule has 0 saturated carbocycles. The second kappa shape index (κ2) is 10.5. The van der Waals surface area contributed by atoms with Crippen LogP contribution in [0.3, 0.4) is 0 Å². The standard InChI is InChI=1S/C25H32N4O4S/c1-32-24-11-10-21(34(30,31)15-7-14-28-12-5-2-6-13-28)17-22(24)29(25(26)27)18-20-16-19-8-3-4-9-23(19)33-20/h3-4,8-11,16-17H,2,5-7,12-15,18H2,1H3,(H3,26,27). The lowest BCUT2D eigenvalue weighted by molar-refractivity contribution is 0.229. The average Bonchev–Trinajstić information content (AvgIpc) is 3.25. The van der Waals surface area contributed by atoms with E-state index >= 15 is 0 Å². The molecule has 1 fully saturated rings. The van der Waals surface area contributed by atoms with Crippen LogP contribution in [0.4, 0.5) is 5.69 Å². The summed E-state index contributed by atoms with van der Waals surface area (Å²) in [7, 11) is -2.00. The number of nitrogens with zero attached hydrogens (tertiary/aromatic N) is 2. The van der Waals surface area contributed by atoms with E-state index in [0.717, 1.165) is 30.6 Å². The molecule has 9 heteroatoms. The Hall–Kier alpha value is -3.04. The first-order valence-corrected chi connectivity index (χ1v) is 13.2. The van der Waals surface area contributed by atoms with E-state index in [9.17, 15) is 8.42 Å². The number of methoxy groups -OCH3 is 1. The van der Waals surface area contributed by atoms with E-state index in [4.69, 9.17) is 20.3 Å². The topological polar surface area (TPSA) is 113 Å². The van der Waals surface area contributed by atoms with Crippen LogP contribution in [0.25, 0.3) is 11.0 Å². The van der Waals surface area contributed by atoms with Gasteiger partial charge in [-0.3, -0.25) is 5.41 Å². The van der Waals surface area contributed by atoms with Crippen LogP contribution in [0.1, 0.15) is 31.4 Å². The zero-order chi connectivity index (χ0) is 24.1. The number of hydrogen-bond donors (Lipinski definition) is 2. The number of anilines is 1. The highest BCUT2D eigenvalue weighted by atomic mass is 32.2. The van der Waals surface area contributed by atoms with Gasteiger partial charge in [-0.2, -0.15) is 0 Å². The van der Waals surface area contributed by atoms with Crippen LogP contribution in [0.15, 0.2) is 57.8 Å². The molecule has 34 heavy (non-hydrogen) atoms. The Labute approximate surface area is 200 Å². The normalized spacial score (nSPS) is 14.9. The summed E-state index contributed by atoms with van der Waals surface area (Å²) in [5.41, 5.74) is 7.06. The minimum Gasteiger partial charge on any atom is -0.495 e. The van der Waals surface area contributed by atoms with E-state index < -0.39 is 9.84 Å². The lowest BCUT2D eigenvalue weighted by atomic mass is 10.1. The van der Waals surface area contributed by atoms with Gasteiger partial charge in [0.25, 0.3) is 0 Å². The summed E-state index contributed by atoms with van der Waals surface area (Å²) in [5, 5.41) is 9.09. The first-order chi connectivity index (χ1) is 16.4. The van der Waals surface area contributed by atoms with Gasteiger partial charge in [-0.1, -0.05) is 24.6 Å². The maximum atomic E-state index is 13.1. The Kier molecular flexibility index (Phi) is 7.43. The maximum Gasteiger partial charge on any atom is 0.193 e. The SMILES string of the molecule is COc1ccc(S(=O)(=O)CCCN2CCCCC2)cc1N(Cc1cc2ccccc2o1)C(=N)N. The zero-order valence-corrected chi connectivity index (χ0v) is 20.3. The fraction of sp³-hybridized carbons (Fsp3) is 0.400. The van der Waals surface area contributed by atoms with Gasteiger partial charge in [-0.05, 0) is 69.2 Å². The number of hydrogen-bond acceptors (Lipinski definition) is 6. The number of piperidine rings is 1. The third kappa shape index (κ3) is 5.53. The number of nitrogens with two attached hydrogens (primary N) is 1. The smallest absolute Gasteiger partial charge is 0.193 e. The number of ether oxygens (including phenoxy) is 1. The third-order valence-electron chi connectivity index (χ3n) is 6.22. The molecule has 0 unspecified atom stereocenters. The Balaban J connectivity index is 1.56. The predicted octanol–water partition coefficient (Wildman–Crippen LogP) is 3.99. The summed E-state index contributed by atoms with van der Waals surface area (Å²) >= 11 is 0. The lowest BCUT2D eigenvalue weighted by Gasteiger charge is -2.26. The first-order valence-electron chi connectivity index (χ1n) is 11.6. The van der Waals surface area contributed by atoms with E-state index in [1.54, 1.807) is 18.2 Å². The Morgan fingerprint density at radius 1 is 1.15 bits per heavy atom. The average molecular weight is 485 g/mol. The van der Waals surface area contributed by atoms with Crippen molar-refractivity contribution in [2.45, 2.75) is 37.1 Å². The number of benzene rings is 2. The summed E-state index contributed by atoms with van der Waals surface area (Å²) < 4.78 is 37.6. The second-order valence-electron chi connectivity index (χ2n) is 8.63. The van der Waals surface area contributed by atoms with Crippen LogP contribution in [0, 0.1) is 5.41 Å². The van der Waals surface area contributed by atoms with E-state index in [-0.39, 0.29) is 23.2 Å². The third-order valence-corrected chi connectivity index (χ3v) is 8.02. The molecule has 3 N–H and O–H groups in total. The van der Waals surface area contributed by atoms with E-state index in [0.29, 0.717) is 23.6 Å². The number of sulfone groups is 1. The molecule has 4 rings (SSSR count). The number of likely N-dealkylation sites (tertiary alicyclic amines) is 1. The van der Waals surface area contributed by atoms with Crippen molar-refractivity contribution in [2.24, 2.45) is 5.73 Å². The Morgan fingerprint density at radius 2 is 1.91 bits per heavy atom. The number of guanidine groups is 1. The molecular weight excluding hydrogens is 452 g/mol. The fourth-order valence-corrected chi connectivity index (χ4v) is 5.74. The second-order valence-corrected chi connectivity index (χ2v) is 10.7. The molecule has 0 bridgehead atoms. The van der Waals surface area contributed by atoms with Crippen molar-refractivity contribution in [1.29, 1.82) is 5.41 Å². The molecule has 0 atom stereocenters. The van der Waals surface area contributed by atoms with E-state index in [1.165, 1.54) is 31.3 Å². The summed E-state index contributed by atoms with van der Waals surface area (Å²) in [6, 6.07) is 14.2. The van der Waals surface area contributed by atoms with Gasteiger partial charge in [-0.15, -0.1) is 0 Å². The molecule has 0 aliphatic carbocycles. The zero-order valence-electron chi connectivity index (χ0n) is 19.5. The number of nitrogens with one attached hydrogen (secondary N) is 1. The van der Waals surface area contributed by atoms with Gasteiger partial charge in [0.2, 0.25) is 0 Å². The van der Waals surface area contributed by atoms with Crippen LogP contribution >= 0.6 is 0 Å². The highest BCUT2D eigenvalue weighted by Gasteiger charge is 2.23. The molecular formula is C25H32N4O4S. The van der Waals surface area contributed by atoms with Gasteiger partial charge >= 0.3 is 0 Å². The summed E-state index contributed by atoms with van der Waals surface area (Å²) in [4.78, 5) is 4.02. The van der Waals surface area contributed by atoms with Crippen molar-refractivity contribution in [1.82, 2.24) is 4.90 Å². The minimum atomic E-state index is -3.50. The fourth-order valence-electron chi connectivity index (χ4n) is 4.42. The van der Waals surface area contributed by atoms with E-state index in [1.807, 2.05) is 30.3 Å². The van der Waals surface area contributed by atoms with Crippen molar-refractivity contribution in [2.75, 3.05) is 37.4 Å². The molecule has 0 spiro atoms. The molecule has 1 aliphatic rings. The van der Waals surface area contributed by atoms with Crippen LogP contribution in [0.5, 0.6) is 5.75 Å². The molecule has 8 nitrogen and oxygen atoms in total. The molecule has 1 aliphatic heterocycles. The Morgan fingerprint density at radius 3 is 2.62 bits per heavy atom. The number of fused-ring (bicyclic) bond motifs is 1. The molecule has 0 amide bonds. The van der Waals surface area contributed by atoms with Gasteiger partial charge in [0.15, 0.2) is 15.8 Å². The first kappa shape index (κ1) is 24.1. The molecule has 2 aromatic carbocycles. The van der Waals surface area contributed by atoms with Crippen molar-refractivity contribution in [3.63, 3.8) is 0 Å². The summed E-state index contributed by atoms with van der Waals surface area (Å²) in [6.45, 7) is 3.04. The van der Waals surface area contributed by atoms with Crippen molar-refractivity contribution in [3.05, 3.63) is 54.3 Å². The number of para-hydroxylation sites is 1. The number of furan rings is 1. The Bertz CT molecular complexity index is 1220. The van der Waals surface area contributed by atoms with Gasteiger partial charge in [0.1, 0.15) is 17.1 Å². The largest absolute Gasteiger partial charge is 0.495 e. The monoisotopic (exact) mass is 484 g/mol. The molecule has 0 radical (unpaired) electrons. The molecule has 1 aromatic heterocycles. The van der Waals surface area contributed by atoms with Crippen molar-refractivity contribution in [3.8, 4) is 5.75 Å². The van der Waals surface area contributed by atoms with Gasteiger partial charge < -0.3 is 24.7 Å². The molecule has 3 aromatic rings. The quantitative estimate of drug-likeness (QED) is 0.349. The lowest BCUT2D eigenvalue weighted by Crippen LogP contribution is -2.36. The highest BCUT2D eigenvalue weighted by Crippen LogP contribution is 2.33. The van der Waals surface area contributed by atoms with Gasteiger partial charge in [-0.25, -0.2) is 8.42 Å². The summed E-state index contributed by atoms with van der Waals surface area (Å²) in [5.74, 6) is 0.865.